The predicted octanol–water partition coefficient (Wildman–Crippen LogP) is -3.08. The summed E-state index contributed by atoms with van der Waals surface area (Å²) in [7, 11) is -4.86. The number of carboxylic acid groups (broad SMARTS) is 2. The van der Waals surface area contributed by atoms with Gasteiger partial charge in [0, 0.05) is 0 Å². The second-order valence-electron chi connectivity index (χ2n) is 6.21. The number of phosphoric ester groups is 1. The fourth-order valence-electron chi connectivity index (χ4n) is 2.60. The zero-order valence-corrected chi connectivity index (χ0v) is 15.8. The van der Waals surface area contributed by atoms with Gasteiger partial charge in [0.2, 0.25) is 0 Å². The first-order valence-corrected chi connectivity index (χ1v) is 9.65. The van der Waals surface area contributed by atoms with E-state index in [9.17, 15) is 29.2 Å². The van der Waals surface area contributed by atoms with Crippen LogP contribution < -0.4 is 11.1 Å². The zero-order valence-electron chi connectivity index (χ0n) is 14.9. The SMILES string of the molecule is Nc1[nH]c([C@@H]2O[C@H](COP(=O)(O)O)[C@@H](O)[C@H]2O)nc1C(=O)NC(CC(=O)O)C(=O)O. The smallest absolute Gasteiger partial charge is 0.469 e. The molecular weight excluding hydrogens is 435 g/mol. The normalized spacial score (nSPS) is 25.1. The van der Waals surface area contributed by atoms with Crippen LogP contribution in [-0.4, -0.2) is 89.0 Å². The number of nitrogen functional groups attached to an aromatic ring is 1. The van der Waals surface area contributed by atoms with Gasteiger partial charge in [0.1, 0.15) is 42.1 Å². The van der Waals surface area contributed by atoms with Crippen molar-refractivity contribution in [3.8, 4) is 0 Å². The molecule has 2 rings (SSSR count). The Labute approximate surface area is 166 Å². The number of aromatic nitrogens is 2. The summed E-state index contributed by atoms with van der Waals surface area (Å²) in [5.41, 5.74) is 5.10. The monoisotopic (exact) mass is 454 g/mol. The molecule has 2 heterocycles. The number of carbonyl (C=O) groups excluding carboxylic acids is 1. The van der Waals surface area contributed by atoms with Crippen molar-refractivity contribution in [2.45, 2.75) is 36.9 Å². The second-order valence-corrected chi connectivity index (χ2v) is 7.45. The molecule has 5 atom stereocenters. The summed E-state index contributed by atoms with van der Waals surface area (Å²) in [6.45, 7) is -0.766. The van der Waals surface area contributed by atoms with E-state index in [1.54, 1.807) is 0 Å². The number of ether oxygens (including phenoxy) is 1. The molecule has 16 nitrogen and oxygen atoms in total. The first-order valence-electron chi connectivity index (χ1n) is 8.12. The minimum Gasteiger partial charge on any atom is -0.481 e. The summed E-state index contributed by atoms with van der Waals surface area (Å²) in [5.74, 6) is -4.84. The molecule has 0 spiro atoms. The van der Waals surface area contributed by atoms with E-state index in [1.807, 2.05) is 5.32 Å². The zero-order chi connectivity index (χ0) is 22.8. The molecule has 1 aromatic rings. The maximum Gasteiger partial charge on any atom is 0.469 e. The van der Waals surface area contributed by atoms with E-state index in [2.05, 4.69) is 14.5 Å². The summed E-state index contributed by atoms with van der Waals surface area (Å²) >= 11 is 0. The van der Waals surface area contributed by atoms with Crippen LogP contribution in [0.2, 0.25) is 0 Å². The third-order valence-electron chi connectivity index (χ3n) is 3.99. The van der Waals surface area contributed by atoms with Gasteiger partial charge in [-0.2, -0.15) is 0 Å². The van der Waals surface area contributed by atoms with Crippen molar-refractivity contribution >= 4 is 31.5 Å². The van der Waals surface area contributed by atoms with E-state index < -0.39 is 74.8 Å². The van der Waals surface area contributed by atoms with E-state index in [0.29, 0.717) is 0 Å². The number of aliphatic hydroxyl groups is 2. The summed E-state index contributed by atoms with van der Waals surface area (Å²) in [5, 5.41) is 39.7. The Kier molecular flexibility index (Phi) is 7.14. The van der Waals surface area contributed by atoms with E-state index in [0.717, 1.165) is 0 Å². The molecule has 1 unspecified atom stereocenters. The van der Waals surface area contributed by atoms with Crippen molar-refractivity contribution in [3.63, 3.8) is 0 Å². The van der Waals surface area contributed by atoms with Crippen LogP contribution in [0, 0.1) is 0 Å². The summed E-state index contributed by atoms with van der Waals surface area (Å²) in [6, 6.07) is -1.76. The maximum absolute atomic E-state index is 12.2. The van der Waals surface area contributed by atoms with E-state index in [4.69, 9.17) is 30.5 Å². The highest BCUT2D eigenvalue weighted by Gasteiger charge is 2.46. The molecule has 1 aromatic heterocycles. The number of aliphatic hydroxyl groups excluding tert-OH is 2. The lowest BCUT2D eigenvalue weighted by atomic mass is 10.1. The molecule has 0 bridgehead atoms. The Bertz CT molecular complexity index is 868. The minimum atomic E-state index is -4.86. The van der Waals surface area contributed by atoms with Crippen molar-refractivity contribution in [1.29, 1.82) is 0 Å². The standard InChI is InChI=1S/C13H19N4O12P/c14-10-6(12(22)15-3(13(23)24)1-5(18)19)16-11(17-10)9-8(21)7(20)4(29-9)2-28-30(25,26)27/h3-4,7-9,20-21H,1-2,14H2,(H,15,22)(H,16,17)(H,18,19)(H,23,24)(H2,25,26,27)/t3?,4-,7-,8-,9-/m1/s1. The second kappa shape index (κ2) is 9.05. The van der Waals surface area contributed by atoms with Gasteiger partial charge in [-0.25, -0.2) is 14.3 Å². The Balaban J connectivity index is 2.15. The average Bonchev–Trinajstić information content (AvgIpc) is 3.12. The number of imidazole rings is 1. The molecule has 0 aromatic carbocycles. The van der Waals surface area contributed by atoms with Gasteiger partial charge >= 0.3 is 19.8 Å². The van der Waals surface area contributed by atoms with Crippen LogP contribution >= 0.6 is 7.82 Å². The predicted molar refractivity (Wildman–Crippen MR) is 91.8 cm³/mol. The fourth-order valence-corrected chi connectivity index (χ4v) is 2.94. The number of phosphoric acid groups is 1. The molecule has 10 N–H and O–H groups in total. The molecule has 0 radical (unpaired) electrons. The van der Waals surface area contributed by atoms with Gasteiger partial charge in [0.05, 0.1) is 13.0 Å². The van der Waals surface area contributed by atoms with Crippen molar-refractivity contribution in [2.75, 3.05) is 12.3 Å². The number of H-pyrrole nitrogens is 1. The molecule has 0 aliphatic carbocycles. The van der Waals surface area contributed by atoms with Gasteiger partial charge in [-0.3, -0.25) is 14.1 Å². The van der Waals surface area contributed by atoms with Crippen molar-refractivity contribution in [1.82, 2.24) is 15.3 Å². The first-order chi connectivity index (χ1) is 13.8. The highest BCUT2D eigenvalue weighted by atomic mass is 31.2. The fraction of sp³-hybridized carbons (Fsp3) is 0.538. The molecule has 168 valence electrons. The summed E-state index contributed by atoms with van der Waals surface area (Å²) in [4.78, 5) is 57.6. The number of nitrogens with one attached hydrogen (secondary N) is 2. The number of nitrogens with two attached hydrogens (primary N) is 1. The first kappa shape index (κ1) is 23.7. The quantitative estimate of drug-likeness (QED) is 0.167. The minimum absolute atomic E-state index is 0.256. The Hall–Kier alpha value is -2.59. The number of carboxylic acids is 2. The summed E-state index contributed by atoms with van der Waals surface area (Å²) in [6.07, 6.45) is -6.93. The maximum atomic E-state index is 12.2. The number of hydrogen-bond acceptors (Lipinski definition) is 10. The number of hydrogen-bond donors (Lipinski definition) is 9. The van der Waals surface area contributed by atoms with E-state index in [1.165, 1.54) is 0 Å². The molecule has 30 heavy (non-hydrogen) atoms. The number of rotatable bonds is 9. The molecule has 1 aliphatic rings. The van der Waals surface area contributed by atoms with Gasteiger partial charge in [0.15, 0.2) is 5.69 Å². The van der Waals surface area contributed by atoms with E-state index in [-0.39, 0.29) is 11.6 Å². The Morgan fingerprint density at radius 1 is 1.27 bits per heavy atom. The van der Waals surface area contributed by atoms with Gasteiger partial charge in [0.25, 0.3) is 5.91 Å². The molecule has 1 amide bonds. The number of aliphatic carboxylic acids is 2. The molecule has 1 fully saturated rings. The number of anilines is 1. The van der Waals surface area contributed by atoms with Crippen molar-refractivity contribution in [3.05, 3.63) is 11.5 Å². The third-order valence-corrected chi connectivity index (χ3v) is 4.47. The molecule has 1 saturated heterocycles. The van der Waals surface area contributed by atoms with Crippen LogP contribution in [0.4, 0.5) is 5.82 Å². The molecular formula is C13H19N4O12P. The van der Waals surface area contributed by atoms with Crippen LogP contribution in [0.1, 0.15) is 28.8 Å². The average molecular weight is 454 g/mol. The summed E-state index contributed by atoms with van der Waals surface area (Å²) < 4.78 is 20.3. The van der Waals surface area contributed by atoms with E-state index >= 15 is 0 Å². The number of nitrogens with zero attached hydrogens (tertiary/aromatic N) is 1. The van der Waals surface area contributed by atoms with Gasteiger partial charge < -0.3 is 51.0 Å². The molecule has 0 saturated carbocycles. The Morgan fingerprint density at radius 2 is 1.90 bits per heavy atom. The Morgan fingerprint density at radius 3 is 2.43 bits per heavy atom. The van der Waals surface area contributed by atoms with Crippen LogP contribution in [-0.2, 0) is 23.4 Å². The number of carbonyl (C=O) groups is 3. The largest absolute Gasteiger partial charge is 0.481 e. The lowest BCUT2D eigenvalue weighted by Crippen LogP contribution is -2.42. The van der Waals surface area contributed by atoms with Gasteiger partial charge in [-0.1, -0.05) is 0 Å². The lowest BCUT2D eigenvalue weighted by molar-refractivity contribution is -0.145. The van der Waals surface area contributed by atoms with Crippen LogP contribution in [0.25, 0.3) is 0 Å². The van der Waals surface area contributed by atoms with Gasteiger partial charge in [-0.15, -0.1) is 0 Å². The number of amides is 1. The molecule has 1 aliphatic heterocycles. The molecule has 17 heteroatoms. The number of aromatic amines is 1. The topological polar surface area (TPSA) is 275 Å². The van der Waals surface area contributed by atoms with Gasteiger partial charge in [-0.05, 0) is 0 Å². The van der Waals surface area contributed by atoms with Crippen molar-refractivity contribution in [2.24, 2.45) is 0 Å². The highest BCUT2D eigenvalue weighted by Crippen LogP contribution is 2.39. The van der Waals surface area contributed by atoms with Crippen molar-refractivity contribution < 1.29 is 58.4 Å². The van der Waals surface area contributed by atoms with Crippen LogP contribution in [0.3, 0.4) is 0 Å². The van der Waals surface area contributed by atoms with Crippen LogP contribution in [0.5, 0.6) is 0 Å². The van der Waals surface area contributed by atoms with Crippen LogP contribution in [0.15, 0.2) is 0 Å². The lowest BCUT2D eigenvalue weighted by Gasteiger charge is -2.14. The highest BCUT2D eigenvalue weighted by molar-refractivity contribution is 7.46. The third kappa shape index (κ3) is 5.73.